The summed E-state index contributed by atoms with van der Waals surface area (Å²) >= 11 is 1.85. The molecule has 4 heteroatoms. The molecule has 15 heavy (non-hydrogen) atoms. The van der Waals surface area contributed by atoms with Crippen molar-refractivity contribution in [2.75, 3.05) is 11.5 Å². The summed E-state index contributed by atoms with van der Waals surface area (Å²) in [6, 6.07) is 5.66. The third-order valence-electron chi connectivity index (χ3n) is 2.49. The highest BCUT2D eigenvalue weighted by Gasteiger charge is 2.30. The average molecular weight is 232 g/mol. The van der Waals surface area contributed by atoms with E-state index in [1.54, 1.807) is 6.07 Å². The molecule has 1 aromatic rings. The summed E-state index contributed by atoms with van der Waals surface area (Å²) in [7, 11) is 0. The summed E-state index contributed by atoms with van der Waals surface area (Å²) in [4.78, 5) is 0. The van der Waals surface area contributed by atoms with Crippen molar-refractivity contribution in [1.29, 1.82) is 0 Å². The fourth-order valence-electron chi connectivity index (χ4n) is 1.61. The van der Waals surface area contributed by atoms with Gasteiger partial charge in [0, 0.05) is 0 Å². The van der Waals surface area contributed by atoms with Gasteiger partial charge in [0.15, 0.2) is 0 Å². The molecule has 1 fully saturated rings. The van der Waals surface area contributed by atoms with Gasteiger partial charge in [-0.05, 0) is 35.5 Å². The van der Waals surface area contributed by atoms with Crippen molar-refractivity contribution in [2.24, 2.45) is 5.92 Å². The van der Waals surface area contributed by atoms with E-state index in [-0.39, 0.29) is 0 Å². The SMILES string of the molecule is FC(F)(F)c1cccc(CC2CSC2)c1. The van der Waals surface area contributed by atoms with Crippen LogP contribution in [-0.2, 0) is 12.6 Å². The van der Waals surface area contributed by atoms with Crippen molar-refractivity contribution in [3.8, 4) is 0 Å². The van der Waals surface area contributed by atoms with Crippen molar-refractivity contribution in [3.05, 3.63) is 35.4 Å². The molecule has 0 spiro atoms. The molecule has 1 saturated heterocycles. The summed E-state index contributed by atoms with van der Waals surface area (Å²) in [6.45, 7) is 0. The van der Waals surface area contributed by atoms with Crippen LogP contribution in [0.1, 0.15) is 11.1 Å². The topological polar surface area (TPSA) is 0 Å². The molecular weight excluding hydrogens is 221 g/mol. The number of alkyl halides is 3. The largest absolute Gasteiger partial charge is 0.416 e. The average Bonchev–Trinajstić information content (AvgIpc) is 2.11. The lowest BCUT2D eigenvalue weighted by Crippen LogP contribution is -2.20. The number of thioether (sulfide) groups is 1. The Balaban J connectivity index is 2.11. The molecule has 0 aliphatic carbocycles. The summed E-state index contributed by atoms with van der Waals surface area (Å²) in [6.07, 6.45) is -3.44. The Hall–Kier alpha value is -0.640. The van der Waals surface area contributed by atoms with Crippen molar-refractivity contribution in [3.63, 3.8) is 0 Å². The monoisotopic (exact) mass is 232 g/mol. The van der Waals surface area contributed by atoms with Gasteiger partial charge in [-0.1, -0.05) is 18.2 Å². The van der Waals surface area contributed by atoms with Crippen LogP contribution in [0, 0.1) is 5.92 Å². The molecule has 0 aromatic heterocycles. The van der Waals surface area contributed by atoms with Crippen molar-refractivity contribution in [2.45, 2.75) is 12.6 Å². The molecule has 0 bridgehead atoms. The lowest BCUT2D eigenvalue weighted by atomic mass is 10.00. The van der Waals surface area contributed by atoms with Crippen LogP contribution in [0.3, 0.4) is 0 Å². The smallest absolute Gasteiger partial charge is 0.166 e. The molecular formula is C11H11F3S. The molecule has 1 aliphatic rings. The van der Waals surface area contributed by atoms with Gasteiger partial charge >= 0.3 is 6.18 Å². The number of benzene rings is 1. The molecule has 0 amide bonds. The summed E-state index contributed by atoms with van der Waals surface area (Å²) in [5.74, 6) is 2.73. The van der Waals surface area contributed by atoms with Gasteiger partial charge in [-0.3, -0.25) is 0 Å². The highest BCUT2D eigenvalue weighted by molar-refractivity contribution is 8.00. The first-order chi connectivity index (χ1) is 7.05. The summed E-state index contributed by atoms with van der Waals surface area (Å²) in [5, 5.41) is 0. The number of rotatable bonds is 2. The van der Waals surface area contributed by atoms with Crippen LogP contribution in [0.2, 0.25) is 0 Å². The Labute approximate surface area is 90.9 Å². The van der Waals surface area contributed by atoms with Gasteiger partial charge in [0.05, 0.1) is 5.56 Å². The van der Waals surface area contributed by atoms with Gasteiger partial charge in [0.1, 0.15) is 0 Å². The molecule has 0 saturated carbocycles. The Morgan fingerprint density at radius 1 is 1.27 bits per heavy atom. The predicted octanol–water partition coefficient (Wildman–Crippen LogP) is 3.61. The van der Waals surface area contributed by atoms with E-state index in [4.69, 9.17) is 0 Å². The van der Waals surface area contributed by atoms with E-state index in [1.165, 1.54) is 12.1 Å². The zero-order valence-electron chi connectivity index (χ0n) is 8.05. The minimum absolute atomic E-state index is 0.535. The maximum Gasteiger partial charge on any atom is 0.416 e. The van der Waals surface area contributed by atoms with Crippen LogP contribution < -0.4 is 0 Å². The third-order valence-corrected chi connectivity index (χ3v) is 3.90. The Kier molecular flexibility index (Phi) is 2.96. The maximum absolute atomic E-state index is 12.4. The second kappa shape index (κ2) is 4.08. The normalized spacial score (nSPS) is 17.5. The fraction of sp³-hybridized carbons (Fsp3) is 0.455. The molecule has 1 aromatic carbocycles. The van der Waals surface area contributed by atoms with Crippen LogP contribution in [0.4, 0.5) is 13.2 Å². The second-order valence-electron chi connectivity index (χ2n) is 3.81. The van der Waals surface area contributed by atoms with Crippen molar-refractivity contribution in [1.82, 2.24) is 0 Å². The van der Waals surface area contributed by atoms with Crippen molar-refractivity contribution >= 4 is 11.8 Å². The molecule has 1 heterocycles. The quantitative estimate of drug-likeness (QED) is 0.750. The fourth-order valence-corrected chi connectivity index (χ4v) is 2.42. The molecule has 0 atom stereocenters. The molecule has 0 nitrogen and oxygen atoms in total. The van der Waals surface area contributed by atoms with Gasteiger partial charge in [-0.2, -0.15) is 24.9 Å². The Bertz CT molecular complexity index is 342. The van der Waals surface area contributed by atoms with Gasteiger partial charge < -0.3 is 0 Å². The van der Waals surface area contributed by atoms with Crippen LogP contribution in [0.25, 0.3) is 0 Å². The zero-order chi connectivity index (χ0) is 10.9. The van der Waals surface area contributed by atoms with E-state index < -0.39 is 11.7 Å². The molecule has 2 rings (SSSR count). The first-order valence-corrected chi connectivity index (χ1v) is 5.95. The molecule has 0 radical (unpaired) electrons. The minimum atomic E-state index is -4.22. The van der Waals surface area contributed by atoms with E-state index in [0.717, 1.165) is 29.6 Å². The van der Waals surface area contributed by atoms with Gasteiger partial charge in [-0.25, -0.2) is 0 Å². The van der Waals surface area contributed by atoms with Crippen LogP contribution in [0.5, 0.6) is 0 Å². The highest BCUT2D eigenvalue weighted by atomic mass is 32.2. The Morgan fingerprint density at radius 2 is 2.00 bits per heavy atom. The maximum atomic E-state index is 12.4. The van der Waals surface area contributed by atoms with Crippen LogP contribution >= 0.6 is 11.8 Å². The number of halogens is 3. The molecule has 82 valence electrons. The lowest BCUT2D eigenvalue weighted by molar-refractivity contribution is -0.137. The number of hydrogen-bond donors (Lipinski definition) is 0. The standard InChI is InChI=1S/C11H11F3S/c12-11(13,14)10-3-1-2-8(5-10)4-9-6-15-7-9/h1-3,5,9H,4,6-7H2. The van der Waals surface area contributed by atoms with E-state index in [1.807, 2.05) is 11.8 Å². The molecule has 0 unspecified atom stereocenters. The van der Waals surface area contributed by atoms with E-state index in [0.29, 0.717) is 5.92 Å². The highest BCUT2D eigenvalue weighted by Crippen LogP contribution is 2.32. The summed E-state index contributed by atoms with van der Waals surface area (Å²) < 4.78 is 37.2. The predicted molar refractivity (Wildman–Crippen MR) is 56.0 cm³/mol. The van der Waals surface area contributed by atoms with Gasteiger partial charge in [-0.15, -0.1) is 0 Å². The summed E-state index contributed by atoms with van der Waals surface area (Å²) in [5.41, 5.74) is 0.266. The van der Waals surface area contributed by atoms with Gasteiger partial charge in [0.25, 0.3) is 0 Å². The van der Waals surface area contributed by atoms with E-state index >= 15 is 0 Å². The molecule has 1 aliphatic heterocycles. The first kappa shape index (κ1) is 10.9. The van der Waals surface area contributed by atoms with E-state index in [2.05, 4.69) is 0 Å². The number of hydrogen-bond acceptors (Lipinski definition) is 1. The first-order valence-electron chi connectivity index (χ1n) is 4.79. The molecule has 0 N–H and O–H groups in total. The van der Waals surface area contributed by atoms with E-state index in [9.17, 15) is 13.2 Å². The zero-order valence-corrected chi connectivity index (χ0v) is 8.87. The van der Waals surface area contributed by atoms with Crippen LogP contribution in [-0.4, -0.2) is 11.5 Å². The second-order valence-corrected chi connectivity index (χ2v) is 4.88. The van der Waals surface area contributed by atoms with Crippen molar-refractivity contribution < 1.29 is 13.2 Å². The minimum Gasteiger partial charge on any atom is -0.166 e. The van der Waals surface area contributed by atoms with Gasteiger partial charge in [0.2, 0.25) is 0 Å². The van der Waals surface area contributed by atoms with Crippen LogP contribution in [0.15, 0.2) is 24.3 Å². The third kappa shape index (κ3) is 2.68. The lowest BCUT2D eigenvalue weighted by Gasteiger charge is -2.24. The Morgan fingerprint density at radius 3 is 2.53 bits per heavy atom.